The van der Waals surface area contributed by atoms with Crippen LogP contribution >= 0.6 is 31.9 Å². The molecule has 0 aromatic carbocycles. The molecule has 0 saturated heterocycles. The second kappa shape index (κ2) is 28.5. The van der Waals surface area contributed by atoms with Crippen molar-refractivity contribution in [1.29, 1.82) is 0 Å². The quantitative estimate of drug-likeness (QED) is 0.0863. The Morgan fingerprint density at radius 3 is 1.33 bits per heavy atom. The Bertz CT molecular complexity index is 2060. The average molecular weight is 1020 g/mol. The van der Waals surface area contributed by atoms with Gasteiger partial charge >= 0.3 is 69.3 Å². The number of carbonyl (C=O) groups excluding carboxylic acids is 2. The number of halogens is 2. The summed E-state index contributed by atoms with van der Waals surface area (Å²) in [6, 6.07) is 15.7. The molecule has 4 saturated carbocycles. The Morgan fingerprint density at radius 2 is 0.984 bits per heavy atom. The van der Waals surface area contributed by atoms with Crippen molar-refractivity contribution >= 4 is 67.0 Å². The number of nitrogens with one attached hydrogen (secondary N) is 3. The second-order valence-corrected chi connectivity index (χ2v) is 17.9. The van der Waals surface area contributed by atoms with Crippen LogP contribution in [0.25, 0.3) is 0 Å². The van der Waals surface area contributed by atoms with Crippen LogP contribution < -0.4 is 73.1 Å². The van der Waals surface area contributed by atoms with Gasteiger partial charge in [-0.05, 0) is 140 Å². The van der Waals surface area contributed by atoms with Gasteiger partial charge in [0.2, 0.25) is 0 Å². The number of esters is 1. The van der Waals surface area contributed by atoms with Gasteiger partial charge in [-0.1, -0.05) is 38.3 Å². The first-order valence-electron chi connectivity index (χ1n) is 20.5. The van der Waals surface area contributed by atoms with E-state index in [1.165, 1.54) is 82.7 Å². The number of nitrogens with two attached hydrogens (primary N) is 1. The van der Waals surface area contributed by atoms with Gasteiger partial charge in [0.05, 0.1) is 0 Å². The van der Waals surface area contributed by atoms with Crippen LogP contribution in [-0.4, -0.2) is 89.2 Å². The van der Waals surface area contributed by atoms with Gasteiger partial charge in [0, 0.05) is 69.3 Å². The molecule has 0 radical (unpaired) electrons. The standard InChI is InChI=1S/C14H19N3O.C10H12BrNO2.C10H12N2O2.C6H4BrNO2.C4H9N.K.H2O/c18-14(17-11-5-2-6-11)13-9-12(7-8-15-13)16-10-3-1-4-10;1-10(2,3)14-9(13)8-6-7(11)4-5-12-8;13-10(14)9-6-8(4-5-11-9)12-7-2-1-3-7;7-4-1-2-8-5(3-4)6(9)10;5-4-2-1-3-4;;/h7-11H,1-6H2,(H,15,16)(H,17,18);4-6H,1-3H3;4-7H,1-3H2,(H,11,12)(H,13,14);1-3H,(H,9,10);4H,1-3,5H2;;1H2/q;;;;;+1;/p-1. The fourth-order valence-corrected chi connectivity index (χ4v) is 6.15. The van der Waals surface area contributed by atoms with Crippen molar-refractivity contribution in [3.05, 3.63) is 105 Å². The number of aromatic nitrogens is 4. The molecule has 8 rings (SSSR count). The van der Waals surface area contributed by atoms with E-state index in [0.717, 1.165) is 33.2 Å². The molecule has 0 bridgehead atoms. The first-order chi connectivity index (χ1) is 29.0. The summed E-state index contributed by atoms with van der Waals surface area (Å²) in [6.07, 6.45) is 20.9. The Labute approximate surface area is 428 Å². The molecule has 336 valence electrons. The molecule has 63 heavy (non-hydrogen) atoms. The molecule has 1 amide bonds. The van der Waals surface area contributed by atoms with E-state index in [9.17, 15) is 19.2 Å². The maximum atomic E-state index is 12.0. The van der Waals surface area contributed by atoms with Crippen molar-refractivity contribution in [3.8, 4) is 0 Å². The van der Waals surface area contributed by atoms with Gasteiger partial charge in [0.15, 0.2) is 0 Å². The monoisotopic (exact) mass is 1020 g/mol. The van der Waals surface area contributed by atoms with Gasteiger partial charge in [0.1, 0.15) is 28.4 Å². The van der Waals surface area contributed by atoms with Gasteiger partial charge in [-0.2, -0.15) is 0 Å². The molecular formula is C44H57Br2KN8O8. The summed E-state index contributed by atoms with van der Waals surface area (Å²) in [4.78, 5) is 59.8. The minimum Gasteiger partial charge on any atom is -0.870 e. The van der Waals surface area contributed by atoms with Gasteiger partial charge < -0.3 is 42.1 Å². The third kappa shape index (κ3) is 21.4. The Morgan fingerprint density at radius 1 is 0.619 bits per heavy atom. The number of carbonyl (C=O) groups is 4. The summed E-state index contributed by atoms with van der Waals surface area (Å²) in [6.45, 7) is 5.47. The largest absolute Gasteiger partial charge is 1.00 e. The number of carboxylic acid groups (broad SMARTS) is 2. The third-order valence-electron chi connectivity index (χ3n) is 9.78. The zero-order valence-electron chi connectivity index (χ0n) is 36.2. The van der Waals surface area contributed by atoms with Crippen molar-refractivity contribution in [1.82, 2.24) is 25.3 Å². The van der Waals surface area contributed by atoms with Crippen LogP contribution in [0.15, 0.2) is 82.3 Å². The van der Waals surface area contributed by atoms with Gasteiger partial charge in [-0.15, -0.1) is 0 Å². The average Bonchev–Trinajstić information content (AvgIpc) is 3.16. The smallest absolute Gasteiger partial charge is 0.870 e. The summed E-state index contributed by atoms with van der Waals surface area (Å²) < 4.78 is 6.69. The number of hydrogen-bond donors (Lipinski definition) is 6. The van der Waals surface area contributed by atoms with Crippen LogP contribution in [-0.2, 0) is 4.74 Å². The molecular weight excluding hydrogens is 967 g/mol. The number of rotatable bonds is 9. The van der Waals surface area contributed by atoms with E-state index in [1.54, 1.807) is 42.7 Å². The van der Waals surface area contributed by atoms with E-state index in [1.807, 2.05) is 32.9 Å². The molecule has 4 aliphatic rings. The molecule has 0 aliphatic heterocycles. The maximum absolute atomic E-state index is 12.0. The predicted octanol–water partition coefficient (Wildman–Crippen LogP) is 5.74. The molecule has 4 aliphatic carbocycles. The zero-order chi connectivity index (χ0) is 44.4. The topological polar surface area (TPSA) is 262 Å². The van der Waals surface area contributed by atoms with Crippen LogP contribution in [0.3, 0.4) is 0 Å². The molecule has 8 N–H and O–H groups in total. The molecule has 4 aromatic heterocycles. The molecule has 0 atom stereocenters. The number of amides is 1. The van der Waals surface area contributed by atoms with Gasteiger partial charge in [-0.25, -0.2) is 29.3 Å². The number of aromatic carboxylic acids is 2. The molecule has 16 nitrogen and oxygen atoms in total. The van der Waals surface area contributed by atoms with Crippen molar-refractivity contribution < 1.29 is 91.0 Å². The van der Waals surface area contributed by atoms with E-state index in [4.69, 9.17) is 20.7 Å². The molecule has 0 unspecified atom stereocenters. The van der Waals surface area contributed by atoms with E-state index in [0.29, 0.717) is 35.6 Å². The fraction of sp³-hybridized carbons (Fsp3) is 0.455. The molecule has 4 fully saturated rings. The van der Waals surface area contributed by atoms with Crippen molar-refractivity contribution in [2.45, 2.75) is 128 Å². The van der Waals surface area contributed by atoms with Crippen LogP contribution in [0, 0.1) is 0 Å². The second-order valence-electron chi connectivity index (χ2n) is 16.0. The zero-order valence-corrected chi connectivity index (χ0v) is 42.5. The fourth-order valence-electron chi connectivity index (χ4n) is 5.48. The molecule has 4 aromatic rings. The molecule has 0 spiro atoms. The Balaban J connectivity index is 0.000000280. The number of ether oxygens (including phenoxy) is 1. The predicted molar refractivity (Wildman–Crippen MR) is 243 cm³/mol. The maximum Gasteiger partial charge on any atom is 1.00 e. The van der Waals surface area contributed by atoms with Crippen molar-refractivity contribution in [2.75, 3.05) is 10.6 Å². The SMILES string of the molecule is CC(C)(C)OC(=O)c1cc(Br)ccn1.NC1CCC1.O=C(NC1CCC1)c1cc(NC2CCC2)ccn1.O=C(O)c1cc(Br)ccn1.O=C(O)c1cc(NC2CCC2)ccn1.[K+].[OH-]. The van der Waals surface area contributed by atoms with E-state index < -0.39 is 23.5 Å². The Kier molecular flexibility index (Phi) is 25.2. The van der Waals surface area contributed by atoms with Crippen LogP contribution in [0.2, 0.25) is 0 Å². The number of nitrogens with zero attached hydrogens (tertiary/aromatic N) is 4. The minimum atomic E-state index is -1.01. The van der Waals surface area contributed by atoms with Crippen molar-refractivity contribution in [3.63, 3.8) is 0 Å². The number of pyridine rings is 4. The number of hydrogen-bond acceptors (Lipinski definition) is 13. The summed E-state index contributed by atoms with van der Waals surface area (Å²) in [7, 11) is 0. The summed E-state index contributed by atoms with van der Waals surface area (Å²) in [5, 5.41) is 26.9. The third-order valence-corrected chi connectivity index (χ3v) is 10.8. The van der Waals surface area contributed by atoms with Gasteiger partial charge in [0.25, 0.3) is 5.91 Å². The molecule has 4 heterocycles. The molecule has 19 heteroatoms. The van der Waals surface area contributed by atoms with Crippen LogP contribution in [0.5, 0.6) is 0 Å². The summed E-state index contributed by atoms with van der Waals surface area (Å²) in [5.74, 6) is -2.45. The van der Waals surface area contributed by atoms with Crippen LogP contribution in [0.4, 0.5) is 11.4 Å². The first kappa shape index (κ1) is 55.7. The van der Waals surface area contributed by atoms with Gasteiger partial charge in [-0.3, -0.25) is 9.78 Å². The van der Waals surface area contributed by atoms with Crippen molar-refractivity contribution in [2.24, 2.45) is 5.73 Å². The minimum absolute atomic E-state index is 0. The summed E-state index contributed by atoms with van der Waals surface area (Å²) >= 11 is 6.39. The summed E-state index contributed by atoms with van der Waals surface area (Å²) in [5.41, 5.74) is 7.73. The first-order valence-corrected chi connectivity index (χ1v) is 22.1. The number of carboxylic acids is 2. The van der Waals surface area contributed by atoms with E-state index >= 15 is 0 Å². The normalized spacial score (nSPS) is 15.2. The van der Waals surface area contributed by atoms with E-state index in [2.05, 4.69) is 67.7 Å². The number of anilines is 2. The Hall–Kier alpha value is -3.40. The van der Waals surface area contributed by atoms with Crippen LogP contribution in [0.1, 0.15) is 140 Å². The van der Waals surface area contributed by atoms with E-state index in [-0.39, 0.29) is 74.2 Å².